The highest BCUT2D eigenvalue weighted by Gasteiger charge is 2.50. The van der Waals surface area contributed by atoms with Gasteiger partial charge in [-0.1, -0.05) is 47.3 Å². The van der Waals surface area contributed by atoms with Crippen molar-refractivity contribution in [2.45, 2.75) is 56.7 Å². The molecule has 1 unspecified atom stereocenters. The van der Waals surface area contributed by atoms with E-state index in [2.05, 4.69) is 43.9 Å². The number of aliphatic hydroxyl groups is 1. The molecule has 1 aliphatic carbocycles. The van der Waals surface area contributed by atoms with Gasteiger partial charge in [-0.3, -0.25) is 0 Å². The fraction of sp³-hybridized carbons (Fsp3) is 0.579. The van der Waals surface area contributed by atoms with E-state index in [0.29, 0.717) is 12.6 Å². The summed E-state index contributed by atoms with van der Waals surface area (Å²) >= 11 is 3.51. The van der Waals surface area contributed by atoms with E-state index in [-0.39, 0.29) is 17.0 Å². The lowest BCUT2D eigenvalue weighted by molar-refractivity contribution is -0.0928. The molecule has 0 spiro atoms. The summed E-state index contributed by atoms with van der Waals surface area (Å²) in [5, 5.41) is 11.7. The summed E-state index contributed by atoms with van der Waals surface area (Å²) in [4.78, 5) is 4.74. The van der Waals surface area contributed by atoms with E-state index < -0.39 is 5.72 Å². The monoisotopic (exact) mass is 456 g/mol. The van der Waals surface area contributed by atoms with Crippen molar-refractivity contribution in [2.75, 3.05) is 13.1 Å². The zero-order chi connectivity index (χ0) is 15.9. The highest BCUT2D eigenvalue weighted by atomic mass is 79.9. The highest BCUT2D eigenvalue weighted by molar-refractivity contribution is 9.10. The van der Waals surface area contributed by atoms with Crippen molar-refractivity contribution in [3.63, 3.8) is 0 Å². The van der Waals surface area contributed by atoms with Gasteiger partial charge in [0, 0.05) is 22.6 Å². The first-order chi connectivity index (χ1) is 11.2. The van der Waals surface area contributed by atoms with Crippen molar-refractivity contribution in [1.29, 1.82) is 0 Å². The zero-order valence-electron chi connectivity index (χ0n) is 14.0. The van der Waals surface area contributed by atoms with Crippen LogP contribution in [-0.2, 0) is 5.72 Å². The molecule has 1 aromatic rings. The molecule has 132 valence electrons. The van der Waals surface area contributed by atoms with Crippen LogP contribution in [0.25, 0.3) is 0 Å². The molecule has 1 saturated carbocycles. The van der Waals surface area contributed by atoms with Gasteiger partial charge in [0.05, 0.1) is 6.54 Å². The summed E-state index contributed by atoms with van der Waals surface area (Å²) in [5.74, 6) is 1.27. The first kappa shape index (κ1) is 18.3. The quantitative estimate of drug-likeness (QED) is 0.693. The third-order valence-electron chi connectivity index (χ3n) is 5.59. The molecule has 0 radical (unpaired) electrons. The van der Waals surface area contributed by atoms with Gasteiger partial charge in [0.2, 0.25) is 0 Å². The van der Waals surface area contributed by atoms with E-state index in [4.69, 9.17) is 0 Å². The van der Waals surface area contributed by atoms with E-state index in [1.807, 2.05) is 12.1 Å². The fourth-order valence-electron chi connectivity index (χ4n) is 4.48. The van der Waals surface area contributed by atoms with E-state index in [1.165, 1.54) is 44.3 Å². The van der Waals surface area contributed by atoms with Crippen molar-refractivity contribution in [1.82, 2.24) is 9.80 Å². The topological polar surface area (TPSA) is 26.7 Å². The zero-order valence-corrected chi connectivity index (χ0v) is 17.3. The number of nitrogens with zero attached hydrogens (tertiary/aromatic N) is 2. The second-order valence-corrected chi connectivity index (χ2v) is 8.03. The van der Waals surface area contributed by atoms with Crippen LogP contribution in [-0.4, -0.2) is 34.0 Å². The van der Waals surface area contributed by atoms with Crippen molar-refractivity contribution >= 4 is 32.9 Å². The molecule has 0 aromatic heterocycles. The van der Waals surface area contributed by atoms with Gasteiger partial charge < -0.3 is 14.9 Å². The van der Waals surface area contributed by atoms with Crippen LogP contribution in [0.1, 0.15) is 50.5 Å². The van der Waals surface area contributed by atoms with Gasteiger partial charge in [-0.15, -0.1) is 17.0 Å². The van der Waals surface area contributed by atoms with Crippen molar-refractivity contribution in [2.24, 2.45) is 0 Å². The Bertz CT molecular complexity index is 598. The Hall–Kier alpha value is -0.520. The number of fused-ring (bicyclic) bond motifs is 1. The number of hydrogen-bond acceptors (Lipinski definition) is 3. The molecule has 1 N–H and O–H groups in total. The molecule has 1 atom stereocenters. The number of benzene rings is 1. The minimum atomic E-state index is -0.890. The van der Waals surface area contributed by atoms with Gasteiger partial charge in [-0.2, -0.15) is 0 Å². The summed E-state index contributed by atoms with van der Waals surface area (Å²) in [6.07, 6.45) is 11.0. The Balaban J connectivity index is 0.00000169. The van der Waals surface area contributed by atoms with Gasteiger partial charge in [-0.25, -0.2) is 0 Å². The van der Waals surface area contributed by atoms with Crippen molar-refractivity contribution in [3.8, 4) is 0 Å². The van der Waals surface area contributed by atoms with E-state index in [1.54, 1.807) is 0 Å². The molecule has 2 aliphatic heterocycles. The van der Waals surface area contributed by atoms with Gasteiger partial charge in [0.25, 0.3) is 0 Å². The van der Waals surface area contributed by atoms with Gasteiger partial charge >= 0.3 is 0 Å². The maximum absolute atomic E-state index is 11.7. The van der Waals surface area contributed by atoms with E-state index >= 15 is 0 Å². The Morgan fingerprint density at radius 3 is 2.46 bits per heavy atom. The molecular formula is C19H26Br2N2O. The predicted molar refractivity (Wildman–Crippen MR) is 106 cm³/mol. The van der Waals surface area contributed by atoms with Crippen LogP contribution in [0, 0.1) is 0 Å². The Kier molecular flexibility index (Phi) is 5.62. The predicted octanol–water partition coefficient (Wildman–Crippen LogP) is 4.76. The molecular weight excluding hydrogens is 432 g/mol. The second-order valence-electron chi connectivity index (χ2n) is 7.11. The minimum absolute atomic E-state index is 0. The SMILES string of the molecule is Br.OC1(c2ccc(Br)cc2)CN2CCCC=C2N1C1CCCCC1. The Morgan fingerprint density at radius 1 is 1.04 bits per heavy atom. The third kappa shape index (κ3) is 3.15. The molecule has 24 heavy (non-hydrogen) atoms. The molecule has 3 aliphatic rings. The van der Waals surface area contributed by atoms with Crippen LogP contribution >= 0.6 is 32.9 Å². The summed E-state index contributed by atoms with van der Waals surface area (Å²) in [6, 6.07) is 8.68. The molecule has 1 aromatic carbocycles. The largest absolute Gasteiger partial charge is 0.365 e. The van der Waals surface area contributed by atoms with Crippen LogP contribution in [0.2, 0.25) is 0 Å². The molecule has 0 amide bonds. The summed E-state index contributed by atoms with van der Waals surface area (Å²) in [6.45, 7) is 1.75. The maximum atomic E-state index is 11.7. The summed E-state index contributed by atoms with van der Waals surface area (Å²) in [5.41, 5.74) is 0.125. The molecule has 4 rings (SSSR count). The number of halogens is 2. The second kappa shape index (κ2) is 7.38. The molecule has 2 fully saturated rings. The van der Waals surface area contributed by atoms with Crippen molar-refractivity contribution < 1.29 is 5.11 Å². The van der Waals surface area contributed by atoms with Crippen LogP contribution < -0.4 is 0 Å². The average molecular weight is 458 g/mol. The van der Waals surface area contributed by atoms with Crippen LogP contribution in [0.4, 0.5) is 0 Å². The number of rotatable bonds is 2. The van der Waals surface area contributed by atoms with Crippen molar-refractivity contribution in [3.05, 3.63) is 46.2 Å². The van der Waals surface area contributed by atoms with Crippen LogP contribution in [0.15, 0.2) is 40.6 Å². The van der Waals surface area contributed by atoms with Gasteiger partial charge in [0.15, 0.2) is 5.72 Å². The lowest BCUT2D eigenvalue weighted by atomic mass is 9.91. The van der Waals surface area contributed by atoms with E-state index in [9.17, 15) is 5.11 Å². The number of hydrogen-bond donors (Lipinski definition) is 1. The molecule has 2 heterocycles. The molecule has 1 saturated heterocycles. The lowest BCUT2D eigenvalue weighted by Crippen LogP contribution is -2.48. The maximum Gasteiger partial charge on any atom is 0.183 e. The molecule has 0 bridgehead atoms. The lowest BCUT2D eigenvalue weighted by Gasteiger charge is -2.42. The highest BCUT2D eigenvalue weighted by Crippen LogP contribution is 2.44. The standard InChI is InChI=1S/C19H25BrN2O.BrH/c20-16-11-9-15(10-12-16)19(23)14-21-13-5-4-8-18(21)22(19)17-6-2-1-3-7-17;/h8-12,17,23H,1-7,13-14H2;1H. The Labute approximate surface area is 163 Å². The van der Waals surface area contributed by atoms with Crippen LogP contribution in [0.3, 0.4) is 0 Å². The summed E-state index contributed by atoms with van der Waals surface area (Å²) < 4.78 is 1.06. The first-order valence-corrected chi connectivity index (χ1v) is 9.71. The Morgan fingerprint density at radius 2 is 1.75 bits per heavy atom. The third-order valence-corrected chi connectivity index (χ3v) is 6.11. The van der Waals surface area contributed by atoms with Gasteiger partial charge in [0.1, 0.15) is 5.82 Å². The van der Waals surface area contributed by atoms with Gasteiger partial charge in [-0.05, 0) is 43.9 Å². The molecule has 5 heteroatoms. The van der Waals surface area contributed by atoms with E-state index in [0.717, 1.165) is 23.0 Å². The smallest absolute Gasteiger partial charge is 0.183 e. The normalized spacial score (nSPS) is 27.5. The molecule has 3 nitrogen and oxygen atoms in total. The fourth-order valence-corrected chi connectivity index (χ4v) is 4.74. The first-order valence-electron chi connectivity index (χ1n) is 8.91. The average Bonchev–Trinajstić information content (AvgIpc) is 2.89. The minimum Gasteiger partial charge on any atom is -0.365 e. The van der Waals surface area contributed by atoms with Crippen LogP contribution in [0.5, 0.6) is 0 Å². The summed E-state index contributed by atoms with van der Waals surface area (Å²) in [7, 11) is 0. The number of allylic oxidation sites excluding steroid dienone is 1.